The molecule has 0 spiro atoms. The molecule has 1 heterocycles. The Morgan fingerprint density at radius 1 is 1.16 bits per heavy atom. The van der Waals surface area contributed by atoms with E-state index in [1.54, 1.807) is 17.5 Å². The maximum Gasteiger partial charge on any atom is 0.263 e. The molecule has 1 aromatic carbocycles. The fraction of sp³-hybridized carbons (Fsp3) is 0.412. The van der Waals surface area contributed by atoms with Crippen molar-refractivity contribution in [3.05, 3.63) is 35.8 Å². The Morgan fingerprint density at radius 3 is 2.52 bits per heavy atom. The number of rotatable bonds is 6. The van der Waals surface area contributed by atoms with E-state index in [0.29, 0.717) is 23.2 Å². The fourth-order valence-electron chi connectivity index (χ4n) is 3.03. The molecule has 0 atom stereocenters. The zero-order valence-electron chi connectivity index (χ0n) is 13.8. The number of carbonyl (C=O) groups excluding carboxylic acids is 1. The third-order valence-electron chi connectivity index (χ3n) is 4.30. The minimum Gasteiger partial charge on any atom is -0.326 e. The Kier molecular flexibility index (Phi) is 5.70. The van der Waals surface area contributed by atoms with Gasteiger partial charge in [-0.3, -0.25) is 9.52 Å². The van der Waals surface area contributed by atoms with E-state index in [4.69, 9.17) is 0 Å². The summed E-state index contributed by atoms with van der Waals surface area (Å²) in [4.78, 5) is 16.2. The van der Waals surface area contributed by atoms with Crippen molar-refractivity contribution in [2.24, 2.45) is 5.92 Å². The molecule has 1 fully saturated rings. The highest BCUT2D eigenvalue weighted by Gasteiger charge is 2.18. The second kappa shape index (κ2) is 7.97. The zero-order valence-corrected chi connectivity index (χ0v) is 15.4. The third-order valence-corrected chi connectivity index (χ3v) is 6.47. The first kappa shape index (κ1) is 17.9. The predicted molar refractivity (Wildman–Crippen MR) is 99.2 cm³/mol. The fourth-order valence-corrected chi connectivity index (χ4v) is 4.82. The number of hydrogen-bond acceptors (Lipinski definition) is 5. The number of anilines is 2. The van der Waals surface area contributed by atoms with Gasteiger partial charge in [0.25, 0.3) is 10.0 Å². The van der Waals surface area contributed by atoms with Gasteiger partial charge < -0.3 is 5.32 Å². The largest absolute Gasteiger partial charge is 0.326 e. The van der Waals surface area contributed by atoms with Gasteiger partial charge >= 0.3 is 0 Å². The Labute approximate surface area is 151 Å². The lowest BCUT2D eigenvalue weighted by Crippen LogP contribution is -2.18. The van der Waals surface area contributed by atoms with Gasteiger partial charge in [-0.25, -0.2) is 13.4 Å². The molecule has 0 unspecified atom stereocenters. The number of hydrogen-bond donors (Lipinski definition) is 2. The van der Waals surface area contributed by atoms with Crippen molar-refractivity contribution >= 4 is 38.1 Å². The number of aromatic nitrogens is 1. The Morgan fingerprint density at radius 2 is 1.88 bits per heavy atom. The maximum atomic E-state index is 12.3. The van der Waals surface area contributed by atoms with Crippen LogP contribution in [0.4, 0.5) is 10.8 Å². The van der Waals surface area contributed by atoms with Crippen LogP contribution in [0, 0.1) is 5.92 Å². The van der Waals surface area contributed by atoms with Crippen LogP contribution >= 0.6 is 11.3 Å². The molecule has 0 saturated heterocycles. The Bertz CT molecular complexity index is 796. The summed E-state index contributed by atoms with van der Waals surface area (Å²) in [5.74, 6) is 0.458. The number of nitrogens with zero attached hydrogens (tertiary/aromatic N) is 1. The molecule has 1 aliphatic carbocycles. The van der Waals surface area contributed by atoms with E-state index in [1.807, 2.05) is 0 Å². The molecular weight excluding hydrogens is 358 g/mol. The molecule has 25 heavy (non-hydrogen) atoms. The van der Waals surface area contributed by atoms with Crippen LogP contribution in [-0.2, 0) is 14.8 Å². The number of thiazole rings is 1. The minimum absolute atomic E-state index is 0.0107. The summed E-state index contributed by atoms with van der Waals surface area (Å²) in [5.41, 5.74) is 0.606. The monoisotopic (exact) mass is 379 g/mol. The van der Waals surface area contributed by atoms with E-state index in [9.17, 15) is 13.2 Å². The van der Waals surface area contributed by atoms with Crippen LogP contribution in [0.1, 0.15) is 38.5 Å². The van der Waals surface area contributed by atoms with Crippen LogP contribution in [0.3, 0.4) is 0 Å². The van der Waals surface area contributed by atoms with Gasteiger partial charge in [-0.1, -0.05) is 19.3 Å². The lowest BCUT2D eigenvalue weighted by molar-refractivity contribution is -0.117. The van der Waals surface area contributed by atoms with Gasteiger partial charge in [0.15, 0.2) is 5.13 Å². The van der Waals surface area contributed by atoms with Crippen molar-refractivity contribution in [3.8, 4) is 0 Å². The van der Waals surface area contributed by atoms with E-state index < -0.39 is 10.0 Å². The first-order chi connectivity index (χ1) is 12.0. The molecule has 1 aromatic heterocycles. The van der Waals surface area contributed by atoms with Gasteiger partial charge in [-0.2, -0.15) is 0 Å². The van der Waals surface area contributed by atoms with Crippen LogP contribution in [0.5, 0.6) is 0 Å². The number of sulfonamides is 1. The smallest absolute Gasteiger partial charge is 0.263 e. The quantitative estimate of drug-likeness (QED) is 0.798. The molecule has 0 aliphatic heterocycles. The second-order valence-corrected chi connectivity index (χ2v) is 8.80. The summed E-state index contributed by atoms with van der Waals surface area (Å²) >= 11 is 1.21. The molecule has 1 aliphatic rings. The molecule has 1 saturated carbocycles. The van der Waals surface area contributed by atoms with Crippen molar-refractivity contribution in [2.45, 2.75) is 43.4 Å². The highest BCUT2D eigenvalue weighted by molar-refractivity contribution is 7.93. The summed E-state index contributed by atoms with van der Waals surface area (Å²) in [6, 6.07) is 6.17. The first-order valence-electron chi connectivity index (χ1n) is 8.35. The van der Waals surface area contributed by atoms with Crippen LogP contribution in [-0.4, -0.2) is 19.3 Å². The van der Waals surface area contributed by atoms with Crippen LogP contribution in [0.15, 0.2) is 40.7 Å². The van der Waals surface area contributed by atoms with Gasteiger partial charge in [0, 0.05) is 23.7 Å². The molecule has 1 amide bonds. The predicted octanol–water partition coefficient (Wildman–Crippen LogP) is 3.85. The molecule has 3 rings (SSSR count). The lowest BCUT2D eigenvalue weighted by atomic mass is 9.87. The summed E-state index contributed by atoms with van der Waals surface area (Å²) < 4.78 is 26.9. The van der Waals surface area contributed by atoms with Gasteiger partial charge in [0.2, 0.25) is 5.91 Å². The van der Waals surface area contributed by atoms with Crippen molar-refractivity contribution in [1.82, 2.24) is 4.98 Å². The van der Waals surface area contributed by atoms with Gasteiger partial charge in [0.1, 0.15) is 0 Å². The van der Waals surface area contributed by atoms with E-state index in [1.165, 1.54) is 48.9 Å². The zero-order chi connectivity index (χ0) is 17.7. The molecule has 8 heteroatoms. The molecule has 0 radical (unpaired) electrons. The summed E-state index contributed by atoms with van der Waals surface area (Å²) in [7, 11) is -3.67. The number of nitrogens with one attached hydrogen (secondary N) is 2. The SMILES string of the molecule is O=C(CC1CCCCC1)Nc1ccc(S(=O)(=O)Nc2nccs2)cc1. The molecule has 6 nitrogen and oxygen atoms in total. The van der Waals surface area contributed by atoms with Crippen molar-refractivity contribution in [3.63, 3.8) is 0 Å². The average Bonchev–Trinajstić information content (AvgIpc) is 3.08. The molecule has 2 N–H and O–H groups in total. The number of benzene rings is 1. The van der Waals surface area contributed by atoms with Gasteiger partial charge in [0.05, 0.1) is 4.90 Å². The highest BCUT2D eigenvalue weighted by Crippen LogP contribution is 2.27. The van der Waals surface area contributed by atoms with E-state index in [0.717, 1.165) is 12.8 Å². The average molecular weight is 380 g/mol. The van der Waals surface area contributed by atoms with Crippen LogP contribution in [0.2, 0.25) is 0 Å². The van der Waals surface area contributed by atoms with Crippen molar-refractivity contribution in [1.29, 1.82) is 0 Å². The second-order valence-electron chi connectivity index (χ2n) is 6.22. The summed E-state index contributed by atoms with van der Waals surface area (Å²) in [6.07, 6.45) is 7.98. The number of carbonyl (C=O) groups is 1. The molecule has 0 bridgehead atoms. The molecular formula is C17H21N3O3S2. The highest BCUT2D eigenvalue weighted by atomic mass is 32.2. The summed E-state index contributed by atoms with van der Waals surface area (Å²) in [6.45, 7) is 0. The normalized spacial score (nSPS) is 15.7. The maximum absolute atomic E-state index is 12.3. The molecule has 134 valence electrons. The topological polar surface area (TPSA) is 88.2 Å². The van der Waals surface area contributed by atoms with E-state index >= 15 is 0 Å². The Hall–Kier alpha value is -1.93. The van der Waals surface area contributed by atoms with E-state index in [2.05, 4.69) is 15.0 Å². The van der Waals surface area contributed by atoms with Crippen molar-refractivity contribution in [2.75, 3.05) is 10.0 Å². The molecule has 2 aromatic rings. The third kappa shape index (κ3) is 5.02. The van der Waals surface area contributed by atoms with Crippen molar-refractivity contribution < 1.29 is 13.2 Å². The standard InChI is InChI=1S/C17H21N3O3S2/c21-16(12-13-4-2-1-3-5-13)19-14-6-8-15(9-7-14)25(22,23)20-17-18-10-11-24-17/h6-11,13H,1-5,12H2,(H,18,20)(H,19,21). The van der Waals surface area contributed by atoms with E-state index in [-0.39, 0.29) is 10.8 Å². The van der Waals surface area contributed by atoms with Crippen LogP contribution in [0.25, 0.3) is 0 Å². The number of amides is 1. The lowest BCUT2D eigenvalue weighted by Gasteiger charge is -2.20. The summed E-state index contributed by atoms with van der Waals surface area (Å²) in [5, 5.41) is 4.87. The van der Waals surface area contributed by atoms with Gasteiger partial charge in [-0.15, -0.1) is 11.3 Å². The van der Waals surface area contributed by atoms with Gasteiger partial charge in [-0.05, 0) is 43.0 Å². The first-order valence-corrected chi connectivity index (χ1v) is 10.7. The Balaban J connectivity index is 1.58. The minimum atomic E-state index is -3.67. The van der Waals surface area contributed by atoms with Crippen LogP contribution < -0.4 is 10.0 Å².